The number of halogens is 2. The summed E-state index contributed by atoms with van der Waals surface area (Å²) < 4.78 is 34.2. The number of nitrogens with two attached hydrogens (primary N) is 1. The summed E-state index contributed by atoms with van der Waals surface area (Å²) in [5.41, 5.74) is 7.06. The number of amides is 1. The number of nitrogen functional groups attached to an aromatic ring is 1. The molecule has 2 atom stereocenters. The molecule has 4 heterocycles. The Bertz CT molecular complexity index is 1330. The largest absolute Gasteiger partial charge is 0.368 e. The van der Waals surface area contributed by atoms with Crippen LogP contribution in [-0.2, 0) is 0 Å². The lowest BCUT2D eigenvalue weighted by Crippen LogP contribution is -2.45. The van der Waals surface area contributed by atoms with Gasteiger partial charge in [0.1, 0.15) is 23.2 Å². The summed E-state index contributed by atoms with van der Waals surface area (Å²) in [7, 11) is 0. The lowest BCUT2D eigenvalue weighted by molar-refractivity contribution is 0.0605. The molecule has 0 radical (unpaired) electrons. The number of piperidine rings is 1. The Kier molecular flexibility index (Phi) is 4.34. The lowest BCUT2D eigenvalue weighted by atomic mass is 9.92. The SMILES string of the molecule is Cc1nocc1C(=O)N1C[C@H](c2nc3c4cc(F)cc(F)c4nc(N)n3n2)CC[C@@H]1C. The molecule has 5 rings (SSSR count). The Balaban J connectivity index is 1.54. The number of anilines is 1. The number of hydrogen-bond acceptors (Lipinski definition) is 7. The topological polar surface area (TPSA) is 115 Å². The van der Waals surface area contributed by atoms with Gasteiger partial charge in [-0.2, -0.15) is 4.52 Å². The summed E-state index contributed by atoms with van der Waals surface area (Å²) >= 11 is 0. The maximum absolute atomic E-state index is 14.2. The Morgan fingerprint density at radius 3 is 2.81 bits per heavy atom. The third kappa shape index (κ3) is 3.07. The van der Waals surface area contributed by atoms with Crippen molar-refractivity contribution in [3.8, 4) is 0 Å². The molecule has 0 spiro atoms. The first-order valence-corrected chi connectivity index (χ1v) is 9.86. The fourth-order valence-electron chi connectivity index (χ4n) is 4.10. The first kappa shape index (κ1) is 19.3. The second kappa shape index (κ2) is 6.96. The van der Waals surface area contributed by atoms with Crippen molar-refractivity contribution in [2.75, 3.05) is 12.3 Å². The monoisotopic (exact) mass is 427 g/mol. The van der Waals surface area contributed by atoms with E-state index in [4.69, 9.17) is 10.3 Å². The molecule has 0 unspecified atom stereocenters. The van der Waals surface area contributed by atoms with E-state index in [-0.39, 0.29) is 40.4 Å². The molecule has 0 saturated carbocycles. The zero-order valence-corrected chi connectivity index (χ0v) is 16.8. The summed E-state index contributed by atoms with van der Waals surface area (Å²) in [6.07, 6.45) is 2.84. The Morgan fingerprint density at radius 2 is 2.06 bits per heavy atom. The van der Waals surface area contributed by atoms with Crippen LogP contribution < -0.4 is 5.73 Å². The van der Waals surface area contributed by atoms with Gasteiger partial charge in [0, 0.05) is 24.6 Å². The predicted molar refractivity (Wildman–Crippen MR) is 106 cm³/mol. The Morgan fingerprint density at radius 1 is 1.26 bits per heavy atom. The van der Waals surface area contributed by atoms with Gasteiger partial charge in [-0.1, -0.05) is 5.16 Å². The molecule has 0 aliphatic carbocycles. The number of aryl methyl sites for hydroxylation is 1. The second-order valence-corrected chi connectivity index (χ2v) is 7.85. The van der Waals surface area contributed by atoms with Gasteiger partial charge >= 0.3 is 0 Å². The van der Waals surface area contributed by atoms with Gasteiger partial charge in [0.15, 0.2) is 17.3 Å². The zero-order chi connectivity index (χ0) is 21.9. The van der Waals surface area contributed by atoms with Crippen molar-refractivity contribution in [1.29, 1.82) is 0 Å². The van der Waals surface area contributed by atoms with Crippen LogP contribution in [-0.4, -0.2) is 48.1 Å². The number of fused-ring (bicyclic) bond motifs is 3. The molecule has 11 heteroatoms. The number of carbonyl (C=O) groups is 1. The fourth-order valence-corrected chi connectivity index (χ4v) is 4.10. The van der Waals surface area contributed by atoms with Crippen molar-refractivity contribution in [2.45, 2.75) is 38.6 Å². The number of nitrogens with zero attached hydrogens (tertiary/aromatic N) is 6. The van der Waals surface area contributed by atoms with Crippen LogP contribution in [0.15, 0.2) is 22.9 Å². The Hall–Kier alpha value is -3.63. The summed E-state index contributed by atoms with van der Waals surface area (Å²) in [4.78, 5) is 23.3. The van der Waals surface area contributed by atoms with E-state index in [0.29, 0.717) is 23.6 Å². The van der Waals surface area contributed by atoms with Crippen LogP contribution in [0.25, 0.3) is 16.6 Å². The molecule has 1 aliphatic rings. The van der Waals surface area contributed by atoms with E-state index in [2.05, 4.69) is 20.2 Å². The summed E-state index contributed by atoms with van der Waals surface area (Å²) in [6.45, 7) is 4.08. The quantitative estimate of drug-likeness (QED) is 0.523. The van der Waals surface area contributed by atoms with Gasteiger partial charge in [-0.15, -0.1) is 5.10 Å². The van der Waals surface area contributed by atoms with E-state index >= 15 is 0 Å². The molecule has 9 nitrogen and oxygen atoms in total. The summed E-state index contributed by atoms with van der Waals surface area (Å²) in [6, 6.07) is 1.93. The van der Waals surface area contributed by atoms with Gasteiger partial charge in [-0.05, 0) is 32.8 Å². The van der Waals surface area contributed by atoms with Crippen molar-refractivity contribution in [2.24, 2.45) is 0 Å². The van der Waals surface area contributed by atoms with Crippen molar-refractivity contribution < 1.29 is 18.1 Å². The minimum absolute atomic E-state index is 0.0193. The van der Waals surface area contributed by atoms with E-state index < -0.39 is 11.6 Å². The summed E-state index contributed by atoms with van der Waals surface area (Å²) in [5.74, 6) is -1.51. The summed E-state index contributed by atoms with van der Waals surface area (Å²) in [5, 5.41) is 8.42. The van der Waals surface area contributed by atoms with Crippen molar-refractivity contribution >= 4 is 28.4 Å². The molecule has 0 bridgehead atoms. The smallest absolute Gasteiger partial charge is 0.259 e. The highest BCUT2D eigenvalue weighted by atomic mass is 19.1. The fraction of sp³-hybridized carbons (Fsp3) is 0.350. The van der Waals surface area contributed by atoms with Gasteiger partial charge in [0.2, 0.25) is 5.95 Å². The first-order chi connectivity index (χ1) is 14.8. The number of benzene rings is 1. The molecule has 2 N–H and O–H groups in total. The number of aromatic nitrogens is 5. The van der Waals surface area contributed by atoms with Crippen LogP contribution in [0.2, 0.25) is 0 Å². The number of carbonyl (C=O) groups excluding carboxylic acids is 1. The van der Waals surface area contributed by atoms with Crippen LogP contribution >= 0.6 is 0 Å². The predicted octanol–water partition coefficient (Wildman–Crippen LogP) is 2.84. The minimum atomic E-state index is -0.818. The van der Waals surface area contributed by atoms with Crippen LogP contribution in [0.5, 0.6) is 0 Å². The van der Waals surface area contributed by atoms with E-state index in [1.54, 1.807) is 11.8 Å². The standard InChI is InChI=1S/C20H19F2N7O2/c1-9-3-4-11(7-28(9)19(30)14-8-31-27-10(14)2)17-25-18-13-5-12(21)6-15(22)16(13)24-20(23)29(18)26-17/h5-6,8-9,11H,3-4,7H2,1-2H3,(H2,23,24)/t9-,11+/m0/s1. The molecule has 1 aliphatic heterocycles. The molecule has 3 aromatic heterocycles. The van der Waals surface area contributed by atoms with Crippen molar-refractivity contribution in [3.05, 3.63) is 47.1 Å². The normalized spacial score (nSPS) is 19.4. The molecule has 31 heavy (non-hydrogen) atoms. The average Bonchev–Trinajstić information content (AvgIpc) is 3.36. The number of rotatable bonds is 2. The van der Waals surface area contributed by atoms with Crippen LogP contribution in [0, 0.1) is 18.6 Å². The van der Waals surface area contributed by atoms with E-state index in [1.165, 1.54) is 10.8 Å². The van der Waals surface area contributed by atoms with Gasteiger partial charge in [-0.25, -0.2) is 18.7 Å². The van der Waals surface area contributed by atoms with E-state index in [0.717, 1.165) is 25.0 Å². The average molecular weight is 427 g/mol. The molecule has 1 aromatic carbocycles. The number of likely N-dealkylation sites (tertiary alicyclic amines) is 1. The highest BCUT2D eigenvalue weighted by Crippen LogP contribution is 2.31. The van der Waals surface area contributed by atoms with Crippen molar-refractivity contribution in [1.82, 2.24) is 29.6 Å². The lowest BCUT2D eigenvalue weighted by Gasteiger charge is -2.36. The van der Waals surface area contributed by atoms with Crippen LogP contribution in [0.1, 0.15) is 47.6 Å². The third-order valence-corrected chi connectivity index (χ3v) is 5.82. The third-order valence-electron chi connectivity index (χ3n) is 5.82. The molecule has 1 amide bonds. The zero-order valence-electron chi connectivity index (χ0n) is 16.8. The molecule has 4 aromatic rings. The van der Waals surface area contributed by atoms with Crippen LogP contribution in [0.4, 0.5) is 14.7 Å². The van der Waals surface area contributed by atoms with E-state index in [9.17, 15) is 13.6 Å². The van der Waals surface area contributed by atoms with Gasteiger partial charge in [0.25, 0.3) is 5.91 Å². The van der Waals surface area contributed by atoms with Gasteiger partial charge in [-0.3, -0.25) is 4.79 Å². The second-order valence-electron chi connectivity index (χ2n) is 7.85. The van der Waals surface area contributed by atoms with Gasteiger partial charge in [0.05, 0.1) is 11.1 Å². The first-order valence-electron chi connectivity index (χ1n) is 9.86. The highest BCUT2D eigenvalue weighted by molar-refractivity contribution is 5.95. The van der Waals surface area contributed by atoms with E-state index in [1.807, 2.05) is 6.92 Å². The Labute approximate surface area is 174 Å². The minimum Gasteiger partial charge on any atom is -0.368 e. The number of hydrogen-bond donors (Lipinski definition) is 1. The highest BCUT2D eigenvalue weighted by Gasteiger charge is 2.34. The molecule has 1 saturated heterocycles. The van der Waals surface area contributed by atoms with Gasteiger partial charge < -0.3 is 15.2 Å². The van der Waals surface area contributed by atoms with Crippen LogP contribution in [0.3, 0.4) is 0 Å². The maximum atomic E-state index is 14.2. The van der Waals surface area contributed by atoms with Crippen molar-refractivity contribution in [3.63, 3.8) is 0 Å². The molecular formula is C20H19F2N7O2. The molecular weight excluding hydrogens is 408 g/mol. The molecule has 1 fully saturated rings. The maximum Gasteiger partial charge on any atom is 0.259 e. The molecule has 160 valence electrons.